The van der Waals surface area contributed by atoms with Crippen LogP contribution in [0, 0.1) is 5.92 Å². The van der Waals surface area contributed by atoms with Gasteiger partial charge in [0.05, 0.1) is 7.11 Å². The number of Topliss-reactive ketones (excluding diaryl/α,β-unsaturated/α-hetero) is 1. The Balaban J connectivity index is 1.80. The van der Waals surface area contributed by atoms with Crippen molar-refractivity contribution in [2.24, 2.45) is 5.92 Å². The Morgan fingerprint density at radius 1 is 1.16 bits per heavy atom. The molecule has 0 spiro atoms. The Bertz CT molecular complexity index is 691. The normalized spacial score (nSPS) is 16.4. The van der Waals surface area contributed by atoms with Crippen molar-refractivity contribution < 1.29 is 9.53 Å². The molecule has 3 nitrogen and oxygen atoms in total. The molecule has 1 aliphatic carbocycles. The van der Waals surface area contributed by atoms with Gasteiger partial charge in [-0.3, -0.25) is 4.79 Å². The maximum absolute atomic E-state index is 12.8. The van der Waals surface area contributed by atoms with Gasteiger partial charge >= 0.3 is 0 Å². The zero-order valence-corrected chi connectivity index (χ0v) is 16.2. The molecule has 1 saturated carbocycles. The summed E-state index contributed by atoms with van der Waals surface area (Å²) in [5.74, 6) is 1.56. The zero-order chi connectivity index (χ0) is 17.6. The fourth-order valence-corrected chi connectivity index (χ4v) is 4.05. The first kappa shape index (κ1) is 18.1. The molecule has 1 unspecified atom stereocenters. The average Bonchev–Trinajstić information content (AvgIpc) is 2.67. The van der Waals surface area contributed by atoms with Gasteiger partial charge in [0.2, 0.25) is 5.88 Å². The van der Waals surface area contributed by atoms with Crippen molar-refractivity contribution >= 4 is 21.7 Å². The van der Waals surface area contributed by atoms with Gasteiger partial charge in [0.15, 0.2) is 5.78 Å². The molecule has 1 atom stereocenters. The minimum atomic E-state index is 0.161. The lowest BCUT2D eigenvalue weighted by Gasteiger charge is -2.30. The number of nitrogens with zero attached hydrogens (tertiary/aromatic N) is 1. The van der Waals surface area contributed by atoms with E-state index >= 15 is 0 Å². The van der Waals surface area contributed by atoms with Gasteiger partial charge in [0.1, 0.15) is 0 Å². The largest absolute Gasteiger partial charge is 0.481 e. The molecule has 1 aromatic heterocycles. The summed E-state index contributed by atoms with van der Waals surface area (Å²) in [6.07, 6.45) is 8.47. The smallest absolute Gasteiger partial charge is 0.212 e. The number of methoxy groups -OCH3 is 1. The predicted molar refractivity (Wildman–Crippen MR) is 103 cm³/mol. The molecule has 1 fully saturated rings. The fourth-order valence-electron chi connectivity index (χ4n) is 3.79. The van der Waals surface area contributed by atoms with Crippen molar-refractivity contribution in [3.05, 3.63) is 58.2 Å². The highest BCUT2D eigenvalue weighted by atomic mass is 79.9. The Morgan fingerprint density at radius 3 is 2.48 bits per heavy atom. The molecule has 0 saturated heterocycles. The second kappa shape index (κ2) is 8.61. The number of rotatable bonds is 6. The first-order valence-corrected chi connectivity index (χ1v) is 9.75. The molecule has 25 heavy (non-hydrogen) atoms. The molecule has 132 valence electrons. The Labute approximate surface area is 157 Å². The highest BCUT2D eigenvalue weighted by Gasteiger charge is 2.27. The molecular weight excluding hydrogens is 378 g/mol. The van der Waals surface area contributed by atoms with E-state index in [0.717, 1.165) is 4.47 Å². The number of carbonyl (C=O) groups excluding carboxylic acids is 1. The standard InChI is InChI=1S/C21H24BrNO2/c1-25-21-12-9-17(14-23-21)20(24)13-19(15-5-3-2-4-6-15)16-7-10-18(22)11-8-16/h7-12,14-15,19H,2-6,13H2,1H3. The van der Waals surface area contributed by atoms with Crippen molar-refractivity contribution in [1.82, 2.24) is 4.98 Å². The molecule has 0 aliphatic heterocycles. The van der Waals surface area contributed by atoms with Crippen molar-refractivity contribution in [3.8, 4) is 5.88 Å². The number of ether oxygens (including phenoxy) is 1. The number of hydrogen-bond donors (Lipinski definition) is 0. The van der Waals surface area contributed by atoms with Gasteiger partial charge in [0, 0.05) is 28.7 Å². The van der Waals surface area contributed by atoms with Gasteiger partial charge in [-0.05, 0) is 48.4 Å². The molecule has 1 aromatic carbocycles. The number of aromatic nitrogens is 1. The van der Waals surface area contributed by atoms with Crippen LogP contribution in [0.3, 0.4) is 0 Å². The van der Waals surface area contributed by atoms with Crippen molar-refractivity contribution in [3.63, 3.8) is 0 Å². The summed E-state index contributed by atoms with van der Waals surface area (Å²) in [5.41, 5.74) is 1.93. The van der Waals surface area contributed by atoms with E-state index in [1.807, 2.05) is 6.07 Å². The van der Waals surface area contributed by atoms with E-state index in [-0.39, 0.29) is 11.7 Å². The van der Waals surface area contributed by atoms with Crippen LogP contribution >= 0.6 is 15.9 Å². The molecule has 1 heterocycles. The monoisotopic (exact) mass is 401 g/mol. The second-order valence-corrected chi connectivity index (χ2v) is 7.69. The topological polar surface area (TPSA) is 39.2 Å². The van der Waals surface area contributed by atoms with E-state index in [1.54, 1.807) is 19.4 Å². The lowest BCUT2D eigenvalue weighted by Crippen LogP contribution is -2.19. The lowest BCUT2D eigenvalue weighted by atomic mass is 9.74. The van der Waals surface area contributed by atoms with Crippen LogP contribution in [0.5, 0.6) is 5.88 Å². The number of carbonyl (C=O) groups is 1. The summed E-state index contributed by atoms with van der Waals surface area (Å²) in [6.45, 7) is 0. The van der Waals surface area contributed by atoms with Gasteiger partial charge in [0.25, 0.3) is 0 Å². The first-order valence-electron chi connectivity index (χ1n) is 8.96. The van der Waals surface area contributed by atoms with Crippen molar-refractivity contribution in [2.45, 2.75) is 44.4 Å². The van der Waals surface area contributed by atoms with Gasteiger partial charge < -0.3 is 4.74 Å². The Morgan fingerprint density at radius 2 is 1.88 bits per heavy atom. The molecule has 2 aromatic rings. The lowest BCUT2D eigenvalue weighted by molar-refractivity contribution is 0.0957. The SMILES string of the molecule is COc1ccc(C(=O)CC(c2ccc(Br)cc2)C2CCCCC2)cn1. The Hall–Kier alpha value is -1.68. The minimum absolute atomic E-state index is 0.161. The van der Waals surface area contributed by atoms with Gasteiger partial charge in [-0.1, -0.05) is 47.3 Å². The highest BCUT2D eigenvalue weighted by Crippen LogP contribution is 2.39. The van der Waals surface area contributed by atoms with Crippen molar-refractivity contribution in [1.29, 1.82) is 0 Å². The summed E-state index contributed by atoms with van der Waals surface area (Å²) in [5, 5.41) is 0. The first-order chi connectivity index (χ1) is 12.2. The molecule has 4 heteroatoms. The van der Waals surface area contributed by atoms with Gasteiger partial charge in [-0.15, -0.1) is 0 Å². The number of hydrogen-bond acceptors (Lipinski definition) is 3. The number of pyridine rings is 1. The van der Waals surface area contributed by atoms with Crippen LogP contribution in [0.2, 0.25) is 0 Å². The van der Waals surface area contributed by atoms with Crippen LogP contribution in [0.25, 0.3) is 0 Å². The van der Waals surface area contributed by atoms with E-state index in [1.165, 1.54) is 37.7 Å². The molecular formula is C21H24BrNO2. The number of benzene rings is 1. The van der Waals surface area contributed by atoms with Gasteiger partial charge in [-0.2, -0.15) is 0 Å². The van der Waals surface area contributed by atoms with Crippen LogP contribution in [0.4, 0.5) is 0 Å². The van der Waals surface area contributed by atoms with Crippen LogP contribution < -0.4 is 4.74 Å². The molecule has 0 amide bonds. The summed E-state index contributed by atoms with van der Waals surface area (Å²) < 4.78 is 6.15. The van der Waals surface area contributed by atoms with E-state index in [4.69, 9.17) is 4.74 Å². The third-order valence-corrected chi connectivity index (χ3v) is 5.72. The maximum atomic E-state index is 12.8. The molecule has 0 N–H and O–H groups in total. The number of ketones is 1. The summed E-state index contributed by atoms with van der Waals surface area (Å²) >= 11 is 3.50. The van der Waals surface area contributed by atoms with E-state index < -0.39 is 0 Å². The average molecular weight is 402 g/mol. The van der Waals surface area contributed by atoms with Crippen LogP contribution in [0.1, 0.15) is 60.4 Å². The predicted octanol–water partition coefficient (Wildman–Crippen LogP) is 5.79. The van der Waals surface area contributed by atoms with Crippen LogP contribution in [-0.2, 0) is 0 Å². The second-order valence-electron chi connectivity index (χ2n) is 6.77. The number of halogens is 1. The van der Waals surface area contributed by atoms with Crippen LogP contribution in [0.15, 0.2) is 47.1 Å². The Kier molecular flexibility index (Phi) is 6.24. The third-order valence-electron chi connectivity index (χ3n) is 5.19. The van der Waals surface area contributed by atoms with E-state index in [0.29, 0.717) is 23.8 Å². The minimum Gasteiger partial charge on any atom is -0.481 e. The van der Waals surface area contributed by atoms with E-state index in [9.17, 15) is 4.79 Å². The maximum Gasteiger partial charge on any atom is 0.212 e. The summed E-state index contributed by atoms with van der Waals surface area (Å²) in [6, 6.07) is 12.0. The van der Waals surface area contributed by atoms with Crippen molar-refractivity contribution in [2.75, 3.05) is 7.11 Å². The van der Waals surface area contributed by atoms with Gasteiger partial charge in [-0.25, -0.2) is 4.98 Å². The van der Waals surface area contributed by atoms with Crippen LogP contribution in [-0.4, -0.2) is 17.9 Å². The molecule has 3 rings (SSSR count). The zero-order valence-electron chi connectivity index (χ0n) is 14.6. The highest BCUT2D eigenvalue weighted by molar-refractivity contribution is 9.10. The summed E-state index contributed by atoms with van der Waals surface area (Å²) in [7, 11) is 1.58. The third kappa shape index (κ3) is 4.69. The fraction of sp³-hybridized carbons (Fsp3) is 0.429. The summed E-state index contributed by atoms with van der Waals surface area (Å²) in [4.78, 5) is 17.0. The molecule has 0 radical (unpaired) electrons. The molecule has 1 aliphatic rings. The quantitative estimate of drug-likeness (QED) is 0.574. The molecule has 0 bridgehead atoms. The van der Waals surface area contributed by atoms with E-state index in [2.05, 4.69) is 45.2 Å².